The van der Waals surface area contributed by atoms with Crippen molar-refractivity contribution in [1.82, 2.24) is 0 Å². The molecular weight excluding hydrogens is 584 g/mol. The van der Waals surface area contributed by atoms with Crippen molar-refractivity contribution in [2.75, 3.05) is 39.6 Å². The van der Waals surface area contributed by atoms with E-state index in [0.717, 1.165) is 128 Å². The van der Waals surface area contributed by atoms with Gasteiger partial charge in [0.05, 0.1) is 61.7 Å². The van der Waals surface area contributed by atoms with Crippen LogP contribution in [0.3, 0.4) is 0 Å². The standard InChI is InChI=1S/C38H78O8/c1-5-9-21-33(22-10-6-2)37(45,35(27-39,28-40)29-41)25-19-17-15-13-14-16-18-20-26-38(46,36(30-42,31-43)32-44)34(23-11-7-3)24-12-8-4/h33-34,39-46H,5-32H2,1-4H3. The highest BCUT2D eigenvalue weighted by molar-refractivity contribution is 5.03. The summed E-state index contributed by atoms with van der Waals surface area (Å²) in [6, 6.07) is 0. The van der Waals surface area contributed by atoms with Gasteiger partial charge in [0.2, 0.25) is 0 Å². The molecule has 0 aromatic heterocycles. The second-order valence-electron chi connectivity index (χ2n) is 14.6. The first-order chi connectivity index (χ1) is 22.1. The Bertz CT molecular complexity index is 608. The van der Waals surface area contributed by atoms with E-state index in [-0.39, 0.29) is 11.8 Å². The van der Waals surface area contributed by atoms with Crippen molar-refractivity contribution in [3.63, 3.8) is 0 Å². The topological polar surface area (TPSA) is 162 Å². The summed E-state index contributed by atoms with van der Waals surface area (Å²) in [5, 5.41) is 85.8. The Morgan fingerprint density at radius 1 is 0.348 bits per heavy atom. The van der Waals surface area contributed by atoms with Gasteiger partial charge in [-0.25, -0.2) is 0 Å². The maximum absolute atomic E-state index is 12.1. The molecular formula is C38H78O8. The minimum atomic E-state index is -1.33. The molecule has 46 heavy (non-hydrogen) atoms. The van der Waals surface area contributed by atoms with Crippen LogP contribution in [0.4, 0.5) is 0 Å². The summed E-state index contributed by atoms with van der Waals surface area (Å²) in [5.41, 5.74) is -5.31. The summed E-state index contributed by atoms with van der Waals surface area (Å²) >= 11 is 0. The van der Waals surface area contributed by atoms with Crippen molar-refractivity contribution in [1.29, 1.82) is 0 Å². The molecule has 0 bridgehead atoms. The molecule has 0 fully saturated rings. The Kier molecular flexibility index (Phi) is 25.4. The maximum atomic E-state index is 12.1. The Morgan fingerprint density at radius 2 is 0.565 bits per heavy atom. The Balaban J connectivity index is 5.17. The zero-order valence-electron chi connectivity index (χ0n) is 30.5. The molecule has 0 aromatic rings. The highest BCUT2D eigenvalue weighted by Gasteiger charge is 2.54. The highest BCUT2D eigenvalue weighted by Crippen LogP contribution is 2.46. The third-order valence-electron chi connectivity index (χ3n) is 11.5. The van der Waals surface area contributed by atoms with E-state index in [1.165, 1.54) is 0 Å². The zero-order valence-corrected chi connectivity index (χ0v) is 30.5. The van der Waals surface area contributed by atoms with Crippen molar-refractivity contribution >= 4 is 0 Å². The number of aliphatic hydroxyl groups is 8. The van der Waals surface area contributed by atoms with Gasteiger partial charge < -0.3 is 40.9 Å². The number of aliphatic hydroxyl groups excluding tert-OH is 6. The van der Waals surface area contributed by atoms with Crippen molar-refractivity contribution in [3.8, 4) is 0 Å². The van der Waals surface area contributed by atoms with Gasteiger partial charge in [-0.1, -0.05) is 130 Å². The molecule has 278 valence electrons. The minimum Gasteiger partial charge on any atom is -0.395 e. The van der Waals surface area contributed by atoms with Gasteiger partial charge in [0.1, 0.15) is 0 Å². The van der Waals surface area contributed by atoms with E-state index >= 15 is 0 Å². The third kappa shape index (κ3) is 12.9. The van der Waals surface area contributed by atoms with Crippen molar-refractivity contribution in [2.45, 2.75) is 180 Å². The Labute approximate surface area is 283 Å². The molecule has 8 heteroatoms. The SMILES string of the molecule is CCCCC(CCCC)C(O)(CCCCCCCCCCC(O)(C(CCCC)CCCC)C(CO)(CO)CO)C(CO)(CO)CO. The van der Waals surface area contributed by atoms with Gasteiger partial charge in [-0.05, 0) is 50.4 Å². The van der Waals surface area contributed by atoms with Gasteiger partial charge in [-0.2, -0.15) is 0 Å². The molecule has 0 spiro atoms. The predicted molar refractivity (Wildman–Crippen MR) is 189 cm³/mol. The molecule has 0 aliphatic heterocycles. The van der Waals surface area contributed by atoms with E-state index < -0.39 is 61.7 Å². The first kappa shape index (κ1) is 45.7. The summed E-state index contributed by atoms with van der Waals surface area (Å²) in [5.74, 6) is -0.162. The molecule has 0 rings (SSSR count). The van der Waals surface area contributed by atoms with E-state index in [9.17, 15) is 40.9 Å². The van der Waals surface area contributed by atoms with Gasteiger partial charge >= 0.3 is 0 Å². The fourth-order valence-corrected chi connectivity index (χ4v) is 7.82. The molecule has 0 aromatic carbocycles. The normalized spacial score (nSPS) is 15.5. The van der Waals surface area contributed by atoms with Gasteiger partial charge in [-0.3, -0.25) is 0 Å². The summed E-state index contributed by atoms with van der Waals surface area (Å²) in [4.78, 5) is 0. The molecule has 8 N–H and O–H groups in total. The van der Waals surface area contributed by atoms with Crippen LogP contribution < -0.4 is 0 Å². The Hall–Kier alpha value is -0.320. The van der Waals surface area contributed by atoms with Crippen LogP contribution in [0.2, 0.25) is 0 Å². The van der Waals surface area contributed by atoms with Crippen molar-refractivity contribution in [2.24, 2.45) is 22.7 Å². The average molecular weight is 663 g/mol. The molecule has 2 atom stereocenters. The first-order valence-electron chi connectivity index (χ1n) is 19.2. The van der Waals surface area contributed by atoms with Crippen LogP contribution in [-0.4, -0.2) is 91.7 Å². The maximum Gasteiger partial charge on any atom is 0.0797 e. The monoisotopic (exact) mass is 663 g/mol. The van der Waals surface area contributed by atoms with Crippen LogP contribution in [0.5, 0.6) is 0 Å². The molecule has 0 heterocycles. The van der Waals surface area contributed by atoms with Gasteiger partial charge in [0.15, 0.2) is 0 Å². The van der Waals surface area contributed by atoms with E-state index in [2.05, 4.69) is 27.7 Å². The zero-order chi connectivity index (χ0) is 35.0. The summed E-state index contributed by atoms with van der Waals surface area (Å²) in [6.07, 6.45) is 19.6. The van der Waals surface area contributed by atoms with Crippen LogP contribution in [0.15, 0.2) is 0 Å². The van der Waals surface area contributed by atoms with Crippen LogP contribution in [-0.2, 0) is 0 Å². The first-order valence-corrected chi connectivity index (χ1v) is 19.2. The van der Waals surface area contributed by atoms with Crippen LogP contribution in [0.25, 0.3) is 0 Å². The molecule has 0 aliphatic carbocycles. The molecule has 0 amide bonds. The lowest BCUT2D eigenvalue weighted by molar-refractivity contribution is -0.190. The van der Waals surface area contributed by atoms with Gasteiger partial charge in [-0.15, -0.1) is 0 Å². The van der Waals surface area contributed by atoms with Crippen LogP contribution in [0.1, 0.15) is 169 Å². The van der Waals surface area contributed by atoms with E-state index in [0.29, 0.717) is 12.8 Å². The fraction of sp³-hybridized carbons (Fsp3) is 1.00. The quantitative estimate of drug-likeness (QED) is 0.0382. The average Bonchev–Trinajstić information content (AvgIpc) is 3.07. The number of hydrogen-bond donors (Lipinski definition) is 8. The van der Waals surface area contributed by atoms with Crippen molar-refractivity contribution in [3.05, 3.63) is 0 Å². The molecule has 8 nitrogen and oxygen atoms in total. The second-order valence-corrected chi connectivity index (χ2v) is 14.6. The second kappa shape index (κ2) is 25.6. The minimum absolute atomic E-state index is 0.0812. The number of hydrogen-bond acceptors (Lipinski definition) is 8. The van der Waals surface area contributed by atoms with Crippen molar-refractivity contribution < 1.29 is 40.9 Å². The largest absolute Gasteiger partial charge is 0.395 e. The smallest absolute Gasteiger partial charge is 0.0797 e. The predicted octanol–water partition coefficient (Wildman–Crippen LogP) is 6.27. The number of unbranched alkanes of at least 4 members (excludes halogenated alkanes) is 11. The van der Waals surface area contributed by atoms with Crippen LogP contribution in [0, 0.1) is 22.7 Å². The third-order valence-corrected chi connectivity index (χ3v) is 11.5. The van der Waals surface area contributed by atoms with E-state index in [1.807, 2.05) is 0 Å². The number of rotatable bonds is 33. The molecule has 0 radical (unpaired) electrons. The fourth-order valence-electron chi connectivity index (χ4n) is 7.82. The molecule has 0 aliphatic rings. The summed E-state index contributed by atoms with van der Waals surface area (Å²) in [6.45, 7) is 5.79. The summed E-state index contributed by atoms with van der Waals surface area (Å²) in [7, 11) is 0. The van der Waals surface area contributed by atoms with Gasteiger partial charge in [0.25, 0.3) is 0 Å². The van der Waals surface area contributed by atoms with Crippen LogP contribution >= 0.6 is 0 Å². The Morgan fingerprint density at radius 3 is 0.761 bits per heavy atom. The highest BCUT2D eigenvalue weighted by atomic mass is 16.3. The summed E-state index contributed by atoms with van der Waals surface area (Å²) < 4.78 is 0. The lowest BCUT2D eigenvalue weighted by Crippen LogP contribution is -2.59. The lowest BCUT2D eigenvalue weighted by atomic mass is 9.62. The molecule has 0 saturated carbocycles. The van der Waals surface area contributed by atoms with Gasteiger partial charge in [0, 0.05) is 0 Å². The van der Waals surface area contributed by atoms with E-state index in [1.54, 1.807) is 0 Å². The molecule has 0 saturated heterocycles. The lowest BCUT2D eigenvalue weighted by Gasteiger charge is -2.49. The van der Waals surface area contributed by atoms with E-state index in [4.69, 9.17) is 0 Å². The molecule has 2 unspecified atom stereocenters.